The minimum Gasteiger partial charge on any atom is -0.391 e. The molecule has 0 aliphatic carbocycles. The lowest BCUT2D eigenvalue weighted by Gasteiger charge is -2.10. The van der Waals surface area contributed by atoms with Crippen molar-refractivity contribution in [1.29, 1.82) is 0 Å². The molecule has 0 fully saturated rings. The fourth-order valence-corrected chi connectivity index (χ4v) is 2.30. The van der Waals surface area contributed by atoms with E-state index in [1.807, 2.05) is 13.8 Å². The van der Waals surface area contributed by atoms with Crippen molar-refractivity contribution >= 4 is 10.1 Å². The van der Waals surface area contributed by atoms with Gasteiger partial charge in [-0.2, -0.15) is 8.42 Å². The van der Waals surface area contributed by atoms with Gasteiger partial charge in [-0.1, -0.05) is 31.0 Å². The van der Waals surface area contributed by atoms with Crippen LogP contribution in [0.4, 0.5) is 0 Å². The Morgan fingerprint density at radius 3 is 2.41 bits per heavy atom. The van der Waals surface area contributed by atoms with E-state index < -0.39 is 16.2 Å². The normalized spacial score (nSPS) is 13.6. The van der Waals surface area contributed by atoms with Crippen molar-refractivity contribution in [2.45, 2.75) is 37.7 Å². The molecular weight excluding hydrogens is 240 g/mol. The Labute approximate surface area is 102 Å². The van der Waals surface area contributed by atoms with Crippen molar-refractivity contribution in [2.24, 2.45) is 0 Å². The van der Waals surface area contributed by atoms with E-state index in [4.69, 9.17) is 4.18 Å². The Hall–Kier alpha value is -0.910. The summed E-state index contributed by atoms with van der Waals surface area (Å²) in [7, 11) is -3.75. The highest BCUT2D eigenvalue weighted by Crippen LogP contribution is 2.13. The van der Waals surface area contributed by atoms with E-state index in [-0.39, 0.29) is 11.5 Å². The van der Waals surface area contributed by atoms with Crippen LogP contribution in [0.1, 0.15) is 25.3 Å². The molecule has 0 bridgehead atoms. The van der Waals surface area contributed by atoms with Crippen molar-refractivity contribution in [3.63, 3.8) is 0 Å². The SMILES string of the molecule is CCC[C@@H](O)COS(=O)(=O)c1ccc(C)cc1. The lowest BCUT2D eigenvalue weighted by atomic mass is 10.2. The van der Waals surface area contributed by atoms with E-state index in [9.17, 15) is 13.5 Å². The second kappa shape index (κ2) is 6.14. The second-order valence-electron chi connectivity index (χ2n) is 3.99. The first-order valence-corrected chi connectivity index (χ1v) is 7.00. The second-order valence-corrected chi connectivity index (χ2v) is 5.61. The maximum Gasteiger partial charge on any atom is 0.297 e. The molecule has 5 heteroatoms. The van der Waals surface area contributed by atoms with Crippen LogP contribution in [0.25, 0.3) is 0 Å². The van der Waals surface area contributed by atoms with Crippen LogP contribution >= 0.6 is 0 Å². The summed E-state index contributed by atoms with van der Waals surface area (Å²) in [6, 6.07) is 6.41. The van der Waals surface area contributed by atoms with Crippen LogP contribution < -0.4 is 0 Å². The Bertz CT molecular complexity index is 436. The van der Waals surface area contributed by atoms with Gasteiger partial charge in [0, 0.05) is 0 Å². The molecule has 0 saturated heterocycles. The number of aliphatic hydroxyl groups excluding tert-OH is 1. The van der Waals surface area contributed by atoms with Gasteiger partial charge in [0.2, 0.25) is 0 Å². The molecule has 1 rings (SSSR count). The summed E-state index contributed by atoms with van der Waals surface area (Å²) in [5.41, 5.74) is 0.981. The van der Waals surface area contributed by atoms with Gasteiger partial charge in [0.25, 0.3) is 10.1 Å². The molecule has 1 aromatic carbocycles. The number of hydrogen-bond donors (Lipinski definition) is 1. The summed E-state index contributed by atoms with van der Waals surface area (Å²) in [5, 5.41) is 9.41. The third kappa shape index (κ3) is 4.46. The van der Waals surface area contributed by atoms with Crippen LogP contribution in [0.5, 0.6) is 0 Å². The summed E-state index contributed by atoms with van der Waals surface area (Å²) < 4.78 is 28.2. The van der Waals surface area contributed by atoms with E-state index in [0.717, 1.165) is 12.0 Å². The smallest absolute Gasteiger partial charge is 0.297 e. The third-order valence-corrected chi connectivity index (χ3v) is 3.64. The minimum absolute atomic E-state index is 0.117. The average Bonchev–Trinajstić information content (AvgIpc) is 2.28. The first kappa shape index (κ1) is 14.2. The number of rotatable bonds is 6. The minimum atomic E-state index is -3.75. The molecule has 0 spiro atoms. The van der Waals surface area contributed by atoms with Crippen LogP contribution in [0.15, 0.2) is 29.2 Å². The third-order valence-electron chi connectivity index (χ3n) is 2.35. The maximum atomic E-state index is 11.7. The Kier molecular flexibility index (Phi) is 5.11. The standard InChI is InChI=1S/C12H18O4S/c1-3-4-11(13)9-16-17(14,15)12-7-5-10(2)6-8-12/h5-8,11,13H,3-4,9H2,1-2H3/t11-/m1/s1. The highest BCUT2D eigenvalue weighted by Gasteiger charge is 2.16. The summed E-state index contributed by atoms with van der Waals surface area (Å²) in [6.45, 7) is 3.60. The van der Waals surface area contributed by atoms with Crippen LogP contribution in [-0.4, -0.2) is 26.2 Å². The Morgan fingerprint density at radius 2 is 1.88 bits per heavy atom. The lowest BCUT2D eigenvalue weighted by Crippen LogP contribution is -2.18. The largest absolute Gasteiger partial charge is 0.391 e. The first-order valence-electron chi connectivity index (χ1n) is 5.60. The van der Waals surface area contributed by atoms with Crippen LogP contribution in [-0.2, 0) is 14.3 Å². The van der Waals surface area contributed by atoms with Gasteiger partial charge in [0.1, 0.15) is 0 Å². The molecular formula is C12H18O4S. The van der Waals surface area contributed by atoms with Crippen molar-refractivity contribution < 1.29 is 17.7 Å². The van der Waals surface area contributed by atoms with Gasteiger partial charge in [-0.25, -0.2) is 0 Å². The molecule has 0 amide bonds. The molecule has 1 aromatic rings. The number of hydrogen-bond acceptors (Lipinski definition) is 4. The van der Waals surface area contributed by atoms with Gasteiger partial charge >= 0.3 is 0 Å². The van der Waals surface area contributed by atoms with Gasteiger partial charge < -0.3 is 5.11 Å². The summed E-state index contributed by atoms with van der Waals surface area (Å²) in [4.78, 5) is 0.117. The number of aryl methyl sites for hydroxylation is 1. The highest BCUT2D eigenvalue weighted by atomic mass is 32.2. The maximum absolute atomic E-state index is 11.7. The van der Waals surface area contributed by atoms with E-state index in [1.54, 1.807) is 12.1 Å². The molecule has 1 N–H and O–H groups in total. The van der Waals surface area contributed by atoms with E-state index in [1.165, 1.54) is 12.1 Å². The molecule has 0 unspecified atom stereocenters. The molecule has 96 valence electrons. The first-order chi connectivity index (χ1) is 7.95. The predicted molar refractivity (Wildman–Crippen MR) is 65.2 cm³/mol. The molecule has 0 heterocycles. The van der Waals surface area contributed by atoms with Crippen LogP contribution in [0.2, 0.25) is 0 Å². The van der Waals surface area contributed by atoms with E-state index >= 15 is 0 Å². The van der Waals surface area contributed by atoms with E-state index in [0.29, 0.717) is 6.42 Å². The molecule has 1 atom stereocenters. The number of benzene rings is 1. The summed E-state index contributed by atoms with van der Waals surface area (Å²) in [5.74, 6) is 0. The van der Waals surface area contributed by atoms with Crippen molar-refractivity contribution in [2.75, 3.05) is 6.61 Å². The molecule has 0 aliphatic rings. The fourth-order valence-electron chi connectivity index (χ4n) is 1.36. The van der Waals surface area contributed by atoms with Gasteiger partial charge in [0.05, 0.1) is 17.6 Å². The average molecular weight is 258 g/mol. The van der Waals surface area contributed by atoms with Gasteiger partial charge in [-0.15, -0.1) is 0 Å². The topological polar surface area (TPSA) is 63.6 Å². The number of aliphatic hydroxyl groups is 1. The summed E-state index contributed by atoms with van der Waals surface area (Å²) in [6.07, 6.45) is 0.582. The van der Waals surface area contributed by atoms with Crippen molar-refractivity contribution in [3.05, 3.63) is 29.8 Å². The van der Waals surface area contributed by atoms with Gasteiger partial charge in [-0.05, 0) is 25.5 Å². The highest BCUT2D eigenvalue weighted by molar-refractivity contribution is 7.86. The van der Waals surface area contributed by atoms with Crippen LogP contribution in [0, 0.1) is 6.92 Å². The van der Waals surface area contributed by atoms with Gasteiger partial charge in [0.15, 0.2) is 0 Å². The van der Waals surface area contributed by atoms with Crippen LogP contribution in [0.3, 0.4) is 0 Å². The van der Waals surface area contributed by atoms with Gasteiger partial charge in [-0.3, -0.25) is 4.18 Å². The monoisotopic (exact) mass is 258 g/mol. The van der Waals surface area contributed by atoms with Crippen molar-refractivity contribution in [1.82, 2.24) is 0 Å². The summed E-state index contributed by atoms with van der Waals surface area (Å²) >= 11 is 0. The molecule has 4 nitrogen and oxygen atoms in total. The zero-order chi connectivity index (χ0) is 12.9. The molecule has 0 aliphatic heterocycles. The molecule has 0 saturated carbocycles. The molecule has 0 aromatic heterocycles. The fraction of sp³-hybridized carbons (Fsp3) is 0.500. The van der Waals surface area contributed by atoms with E-state index in [2.05, 4.69) is 0 Å². The molecule has 17 heavy (non-hydrogen) atoms. The quantitative estimate of drug-likeness (QED) is 0.791. The van der Waals surface area contributed by atoms with Crippen molar-refractivity contribution in [3.8, 4) is 0 Å². The zero-order valence-electron chi connectivity index (χ0n) is 10.1. The predicted octanol–water partition coefficient (Wildman–Crippen LogP) is 1.86. The lowest BCUT2D eigenvalue weighted by molar-refractivity contribution is 0.102. The Morgan fingerprint density at radius 1 is 1.29 bits per heavy atom. The Balaban J connectivity index is 2.66. The molecule has 0 radical (unpaired) electrons. The zero-order valence-corrected chi connectivity index (χ0v) is 10.9.